The van der Waals surface area contributed by atoms with Crippen LogP contribution in [-0.4, -0.2) is 43.3 Å². The summed E-state index contributed by atoms with van der Waals surface area (Å²) in [5.74, 6) is 6.07. The van der Waals surface area contributed by atoms with E-state index in [1.807, 2.05) is 24.3 Å². The molecule has 0 bridgehead atoms. The maximum atomic E-state index is 12.4. The van der Waals surface area contributed by atoms with E-state index >= 15 is 0 Å². The number of nitrogens with one attached hydrogen (secondary N) is 2. The molecule has 0 fully saturated rings. The van der Waals surface area contributed by atoms with Crippen LogP contribution in [0.15, 0.2) is 120 Å². The van der Waals surface area contributed by atoms with Crippen LogP contribution in [0.2, 0.25) is 0 Å². The fourth-order valence-electron chi connectivity index (χ4n) is 4.91. The quantitative estimate of drug-likeness (QED) is 0.198. The van der Waals surface area contributed by atoms with Gasteiger partial charge in [0.05, 0.1) is 25.0 Å². The van der Waals surface area contributed by atoms with Crippen molar-refractivity contribution in [3.63, 3.8) is 0 Å². The molecule has 5 rings (SSSR count). The van der Waals surface area contributed by atoms with Crippen molar-refractivity contribution in [2.45, 2.75) is 33.6 Å². The van der Waals surface area contributed by atoms with Crippen LogP contribution in [0.5, 0.6) is 5.75 Å². The summed E-state index contributed by atoms with van der Waals surface area (Å²) in [6.45, 7) is 7.09. The third kappa shape index (κ3) is 9.38. The Morgan fingerprint density at radius 1 is 0.723 bits per heavy atom. The molecular weight excluding hydrogens is 588 g/mol. The molecule has 0 spiro atoms. The first kappa shape index (κ1) is 34.1. The highest BCUT2D eigenvalue weighted by Crippen LogP contribution is 2.21. The smallest absolute Gasteiger partial charge is 0.209 e. The molecule has 0 unspecified atom stereocenters. The molecule has 3 aromatic carbocycles. The molecule has 2 N–H and O–H groups in total. The van der Waals surface area contributed by atoms with Crippen molar-refractivity contribution in [2.75, 3.05) is 20.2 Å². The predicted octanol–water partition coefficient (Wildman–Crippen LogP) is 6.83. The van der Waals surface area contributed by atoms with Gasteiger partial charge < -0.3 is 15.4 Å². The van der Waals surface area contributed by atoms with Crippen molar-refractivity contribution >= 4 is 23.1 Å². The van der Waals surface area contributed by atoms with Crippen molar-refractivity contribution in [3.8, 4) is 17.6 Å². The van der Waals surface area contributed by atoms with Crippen LogP contribution in [0.25, 0.3) is 0 Å². The number of methoxy groups -OCH3 is 1. The molecular formula is C40H38N2O5. The summed E-state index contributed by atoms with van der Waals surface area (Å²) in [6.07, 6.45) is 9.04. The van der Waals surface area contributed by atoms with Gasteiger partial charge in [0.1, 0.15) is 5.75 Å². The second-order valence-electron chi connectivity index (χ2n) is 11.2. The molecule has 0 amide bonds. The maximum Gasteiger partial charge on any atom is 0.209 e. The minimum Gasteiger partial charge on any atom is -0.497 e. The van der Waals surface area contributed by atoms with E-state index in [1.165, 1.54) is 23.3 Å². The lowest BCUT2D eigenvalue weighted by atomic mass is 9.93. The van der Waals surface area contributed by atoms with Crippen LogP contribution in [0.1, 0.15) is 80.6 Å². The lowest BCUT2D eigenvalue weighted by molar-refractivity contribution is 0.0978. The summed E-state index contributed by atoms with van der Waals surface area (Å²) < 4.78 is 5.14. The molecule has 3 aromatic rings. The van der Waals surface area contributed by atoms with Crippen LogP contribution in [0.4, 0.5) is 0 Å². The Labute approximate surface area is 276 Å². The SMILES string of the molecule is CC(C)=CCC/C(C)=C/CNC1=CC(=O)c2ccccc2C1=O.COc1cccc(C#CCNC2=CC(=O)c3ccccc3C2=O)c1. The Morgan fingerprint density at radius 3 is 1.87 bits per heavy atom. The van der Waals surface area contributed by atoms with E-state index in [-0.39, 0.29) is 35.4 Å². The number of benzene rings is 3. The number of rotatable bonds is 9. The van der Waals surface area contributed by atoms with E-state index in [4.69, 9.17) is 4.74 Å². The van der Waals surface area contributed by atoms with Gasteiger partial charge in [-0.1, -0.05) is 89.7 Å². The van der Waals surface area contributed by atoms with Crippen LogP contribution >= 0.6 is 0 Å². The largest absolute Gasteiger partial charge is 0.497 e. The van der Waals surface area contributed by atoms with E-state index in [0.717, 1.165) is 24.2 Å². The molecule has 2 aliphatic rings. The van der Waals surface area contributed by atoms with Gasteiger partial charge in [-0.25, -0.2) is 0 Å². The molecule has 0 saturated carbocycles. The van der Waals surface area contributed by atoms with Crippen molar-refractivity contribution in [3.05, 3.63) is 147 Å². The molecule has 7 nitrogen and oxygen atoms in total. The molecule has 2 aliphatic carbocycles. The Hall–Kier alpha value is -5.74. The van der Waals surface area contributed by atoms with E-state index < -0.39 is 0 Å². The zero-order valence-electron chi connectivity index (χ0n) is 27.1. The van der Waals surface area contributed by atoms with E-state index in [0.29, 0.717) is 34.5 Å². The van der Waals surface area contributed by atoms with Gasteiger partial charge in [-0.3, -0.25) is 19.2 Å². The van der Waals surface area contributed by atoms with Crippen molar-refractivity contribution in [1.29, 1.82) is 0 Å². The van der Waals surface area contributed by atoms with Gasteiger partial charge in [0, 0.05) is 46.5 Å². The average Bonchev–Trinajstić information content (AvgIpc) is 3.07. The summed E-state index contributed by atoms with van der Waals surface area (Å²) in [4.78, 5) is 48.8. The minimum absolute atomic E-state index is 0.115. The Morgan fingerprint density at radius 2 is 1.30 bits per heavy atom. The summed E-state index contributed by atoms with van der Waals surface area (Å²) >= 11 is 0. The minimum atomic E-state index is -0.187. The average molecular weight is 627 g/mol. The third-order valence-electron chi connectivity index (χ3n) is 7.42. The van der Waals surface area contributed by atoms with E-state index in [1.54, 1.807) is 55.6 Å². The Bertz CT molecular complexity index is 1880. The molecule has 0 heterocycles. The number of hydrogen-bond acceptors (Lipinski definition) is 7. The molecule has 0 saturated heterocycles. The number of Topliss-reactive ketones (excluding diaryl/α,β-unsaturated/α-hetero) is 2. The summed E-state index contributed by atoms with van der Waals surface area (Å²) in [5.41, 5.74) is 5.89. The van der Waals surface area contributed by atoms with Crippen LogP contribution in [0, 0.1) is 11.8 Å². The van der Waals surface area contributed by atoms with Gasteiger partial charge in [-0.2, -0.15) is 0 Å². The van der Waals surface area contributed by atoms with Crippen molar-refractivity contribution in [1.82, 2.24) is 10.6 Å². The number of carbonyl (C=O) groups is 4. The van der Waals surface area contributed by atoms with Crippen molar-refractivity contribution in [2.24, 2.45) is 0 Å². The van der Waals surface area contributed by atoms with Gasteiger partial charge >= 0.3 is 0 Å². The van der Waals surface area contributed by atoms with Crippen molar-refractivity contribution < 1.29 is 23.9 Å². The number of ketones is 4. The lowest BCUT2D eigenvalue weighted by Gasteiger charge is -2.15. The fraction of sp³-hybridized carbons (Fsp3) is 0.200. The third-order valence-corrected chi connectivity index (χ3v) is 7.42. The molecule has 0 radical (unpaired) electrons. The van der Waals surface area contributed by atoms with Crippen LogP contribution in [-0.2, 0) is 0 Å². The second-order valence-corrected chi connectivity index (χ2v) is 11.2. The normalized spacial score (nSPS) is 13.4. The topological polar surface area (TPSA) is 102 Å². The van der Waals surface area contributed by atoms with Gasteiger partial charge in [-0.15, -0.1) is 0 Å². The highest BCUT2D eigenvalue weighted by atomic mass is 16.5. The first-order chi connectivity index (χ1) is 22.7. The monoisotopic (exact) mass is 626 g/mol. The maximum absolute atomic E-state index is 12.4. The van der Waals surface area contributed by atoms with E-state index in [9.17, 15) is 19.2 Å². The molecule has 238 valence electrons. The fourth-order valence-corrected chi connectivity index (χ4v) is 4.91. The highest BCUT2D eigenvalue weighted by molar-refractivity contribution is 6.25. The second kappa shape index (κ2) is 16.5. The predicted molar refractivity (Wildman–Crippen MR) is 185 cm³/mol. The van der Waals surface area contributed by atoms with Gasteiger partial charge in [0.2, 0.25) is 11.6 Å². The molecule has 7 heteroatoms. The molecule has 0 atom stereocenters. The number of carbonyl (C=O) groups excluding carboxylic acids is 4. The van der Waals surface area contributed by atoms with Crippen LogP contribution in [0.3, 0.4) is 0 Å². The zero-order valence-corrected chi connectivity index (χ0v) is 27.1. The van der Waals surface area contributed by atoms with E-state index in [2.05, 4.69) is 55.4 Å². The van der Waals surface area contributed by atoms with Gasteiger partial charge in [0.25, 0.3) is 0 Å². The summed E-state index contributed by atoms with van der Waals surface area (Å²) in [7, 11) is 1.60. The Balaban J connectivity index is 0.000000213. The number of ether oxygens (including phenoxy) is 1. The standard InChI is InChI=1S/C20H15NO3.C20H23NO2/c1-24-15-8-4-6-14(12-15)7-5-11-21-18-13-19(22)16-9-2-3-10-17(16)20(18)23;1-14(2)7-6-8-15(3)11-12-21-18-13-19(22)16-9-4-5-10-17(16)20(18)23/h2-4,6,8-10,12-13,21H,11H2,1H3;4-5,7,9-11,13,21H,6,8,12H2,1-3H3/b;15-11+. The molecule has 47 heavy (non-hydrogen) atoms. The molecule has 0 aliphatic heterocycles. The first-order valence-electron chi connectivity index (χ1n) is 15.4. The molecule has 0 aromatic heterocycles. The Kier molecular flexibility index (Phi) is 12.0. The van der Waals surface area contributed by atoms with Crippen LogP contribution < -0.4 is 15.4 Å². The first-order valence-corrected chi connectivity index (χ1v) is 15.4. The number of allylic oxidation sites excluding steroid dienone is 7. The number of hydrogen-bond donors (Lipinski definition) is 2. The number of fused-ring (bicyclic) bond motifs is 2. The zero-order chi connectivity index (χ0) is 33.8. The lowest BCUT2D eigenvalue weighted by Crippen LogP contribution is -2.27. The van der Waals surface area contributed by atoms with Gasteiger partial charge in [0.15, 0.2) is 11.6 Å². The summed E-state index contributed by atoms with van der Waals surface area (Å²) in [5, 5.41) is 6.00. The highest BCUT2D eigenvalue weighted by Gasteiger charge is 2.25. The van der Waals surface area contributed by atoms with Gasteiger partial charge in [-0.05, 0) is 51.8 Å². The summed E-state index contributed by atoms with van der Waals surface area (Å²) in [6, 6.07) is 21.2.